The zero-order valence-electron chi connectivity index (χ0n) is 15.1. The van der Waals surface area contributed by atoms with E-state index in [9.17, 15) is 8.42 Å². The molecule has 2 aromatic rings. The third-order valence-electron chi connectivity index (χ3n) is 4.89. The molecule has 5 heteroatoms. The number of rotatable bonds is 7. The Kier molecular flexibility index (Phi) is 6.46. The van der Waals surface area contributed by atoms with Crippen LogP contribution in [0.2, 0.25) is 0 Å². The first-order valence-corrected chi connectivity index (χ1v) is 10.6. The van der Waals surface area contributed by atoms with Gasteiger partial charge in [-0.15, -0.1) is 0 Å². The molecular weight excluding hydrogens is 348 g/mol. The fourth-order valence-corrected chi connectivity index (χ4v) is 4.19. The van der Waals surface area contributed by atoms with Crippen LogP contribution < -0.4 is 0 Å². The van der Waals surface area contributed by atoms with Crippen molar-refractivity contribution in [3.63, 3.8) is 0 Å². The van der Waals surface area contributed by atoms with Crippen LogP contribution in [0, 0.1) is 12.8 Å². The average molecular weight is 375 g/mol. The molecule has 0 aromatic heterocycles. The maximum absolute atomic E-state index is 12.3. The van der Waals surface area contributed by atoms with Crippen LogP contribution in [0.15, 0.2) is 59.5 Å². The van der Waals surface area contributed by atoms with Crippen molar-refractivity contribution in [2.75, 3.05) is 6.61 Å². The van der Waals surface area contributed by atoms with Crippen LogP contribution in [0.25, 0.3) is 0 Å². The van der Waals surface area contributed by atoms with Crippen molar-refractivity contribution in [2.24, 2.45) is 5.92 Å². The summed E-state index contributed by atoms with van der Waals surface area (Å²) < 4.78 is 35.8. The van der Waals surface area contributed by atoms with E-state index in [1.165, 1.54) is 5.56 Å². The molecule has 0 bridgehead atoms. The van der Waals surface area contributed by atoms with Crippen molar-refractivity contribution in [1.82, 2.24) is 0 Å². The molecule has 3 rings (SSSR count). The van der Waals surface area contributed by atoms with Gasteiger partial charge in [-0.25, -0.2) is 0 Å². The largest absolute Gasteiger partial charge is 0.374 e. The first-order valence-electron chi connectivity index (χ1n) is 9.14. The second kappa shape index (κ2) is 8.80. The summed E-state index contributed by atoms with van der Waals surface area (Å²) in [4.78, 5) is 0.225. The number of hydrogen-bond donors (Lipinski definition) is 0. The number of hydrogen-bond acceptors (Lipinski definition) is 4. The number of aryl methyl sites for hydroxylation is 1. The van der Waals surface area contributed by atoms with Crippen LogP contribution in [0.5, 0.6) is 0 Å². The Morgan fingerprint density at radius 2 is 1.58 bits per heavy atom. The normalized spacial score (nSPS) is 20.8. The van der Waals surface area contributed by atoms with E-state index in [1.807, 2.05) is 25.1 Å². The molecule has 0 heterocycles. The second-order valence-corrected chi connectivity index (χ2v) is 8.61. The Labute approximate surface area is 156 Å². The lowest BCUT2D eigenvalue weighted by Crippen LogP contribution is -2.25. The summed E-state index contributed by atoms with van der Waals surface area (Å²) in [5, 5.41) is 0. The second-order valence-electron chi connectivity index (χ2n) is 6.99. The highest BCUT2D eigenvalue weighted by atomic mass is 32.2. The SMILES string of the molecule is Cc1ccc(S(=O)(=O)OC[C@H]2CC[C@@H](OCc3ccccc3)CC2)cc1. The predicted octanol–water partition coefficient (Wildman–Crippen LogP) is 4.48. The van der Waals surface area contributed by atoms with Gasteiger partial charge in [-0.1, -0.05) is 48.0 Å². The van der Waals surface area contributed by atoms with Gasteiger partial charge in [-0.3, -0.25) is 4.18 Å². The van der Waals surface area contributed by atoms with Crippen LogP contribution in [-0.2, 0) is 25.6 Å². The maximum Gasteiger partial charge on any atom is 0.296 e. The van der Waals surface area contributed by atoms with Gasteiger partial charge in [-0.2, -0.15) is 8.42 Å². The summed E-state index contributed by atoms with van der Waals surface area (Å²) in [7, 11) is -3.67. The van der Waals surface area contributed by atoms with Crippen molar-refractivity contribution >= 4 is 10.1 Å². The summed E-state index contributed by atoms with van der Waals surface area (Å²) in [6.45, 7) is 2.81. The molecule has 0 spiro atoms. The molecule has 0 aliphatic heterocycles. The average Bonchev–Trinajstić information content (AvgIpc) is 2.67. The summed E-state index contributed by atoms with van der Waals surface area (Å²) in [5.41, 5.74) is 2.21. The van der Waals surface area contributed by atoms with Gasteiger partial charge in [0.05, 0.1) is 24.2 Å². The molecule has 0 atom stereocenters. The van der Waals surface area contributed by atoms with Gasteiger partial charge in [0.15, 0.2) is 0 Å². The lowest BCUT2D eigenvalue weighted by Gasteiger charge is -2.28. The molecule has 2 aromatic carbocycles. The highest BCUT2D eigenvalue weighted by Crippen LogP contribution is 2.28. The van der Waals surface area contributed by atoms with Crippen molar-refractivity contribution in [3.8, 4) is 0 Å². The molecule has 140 valence electrons. The van der Waals surface area contributed by atoms with Crippen LogP contribution in [0.3, 0.4) is 0 Å². The lowest BCUT2D eigenvalue weighted by molar-refractivity contribution is 0.00280. The van der Waals surface area contributed by atoms with E-state index >= 15 is 0 Å². The minimum absolute atomic E-state index is 0.225. The Bertz CT molecular complexity index is 777. The Morgan fingerprint density at radius 1 is 0.923 bits per heavy atom. The highest BCUT2D eigenvalue weighted by molar-refractivity contribution is 7.86. The van der Waals surface area contributed by atoms with Crippen LogP contribution in [0.1, 0.15) is 36.8 Å². The maximum atomic E-state index is 12.3. The molecule has 0 saturated heterocycles. The molecule has 0 unspecified atom stereocenters. The van der Waals surface area contributed by atoms with E-state index in [4.69, 9.17) is 8.92 Å². The van der Waals surface area contributed by atoms with Crippen molar-refractivity contribution in [3.05, 3.63) is 65.7 Å². The third kappa shape index (κ3) is 5.40. The van der Waals surface area contributed by atoms with Crippen LogP contribution in [0.4, 0.5) is 0 Å². The van der Waals surface area contributed by atoms with Crippen LogP contribution >= 0.6 is 0 Å². The molecule has 4 nitrogen and oxygen atoms in total. The predicted molar refractivity (Wildman–Crippen MR) is 101 cm³/mol. The molecule has 0 radical (unpaired) electrons. The van der Waals surface area contributed by atoms with Crippen molar-refractivity contribution in [1.29, 1.82) is 0 Å². The van der Waals surface area contributed by atoms with Gasteiger partial charge in [0.1, 0.15) is 0 Å². The third-order valence-corrected chi connectivity index (χ3v) is 6.19. The first-order chi connectivity index (χ1) is 12.5. The van der Waals surface area contributed by atoms with E-state index in [-0.39, 0.29) is 23.5 Å². The smallest absolute Gasteiger partial charge is 0.296 e. The molecule has 1 aliphatic rings. The quantitative estimate of drug-likeness (QED) is 0.671. The van der Waals surface area contributed by atoms with Gasteiger partial charge in [0.2, 0.25) is 0 Å². The molecule has 0 amide bonds. The Morgan fingerprint density at radius 3 is 2.23 bits per heavy atom. The fourth-order valence-electron chi connectivity index (χ4n) is 3.21. The highest BCUT2D eigenvalue weighted by Gasteiger charge is 2.24. The van der Waals surface area contributed by atoms with Gasteiger partial charge >= 0.3 is 0 Å². The van der Waals surface area contributed by atoms with Gasteiger partial charge in [-0.05, 0) is 56.2 Å². The van der Waals surface area contributed by atoms with Gasteiger partial charge in [0, 0.05) is 0 Å². The number of benzene rings is 2. The van der Waals surface area contributed by atoms with E-state index < -0.39 is 10.1 Å². The molecule has 0 N–H and O–H groups in total. The lowest BCUT2D eigenvalue weighted by atomic mass is 9.88. The van der Waals surface area contributed by atoms with E-state index in [0.717, 1.165) is 31.2 Å². The first kappa shape index (κ1) is 19.1. The fraction of sp³-hybridized carbons (Fsp3) is 0.429. The summed E-state index contributed by atoms with van der Waals surface area (Å²) >= 11 is 0. The monoisotopic (exact) mass is 374 g/mol. The minimum Gasteiger partial charge on any atom is -0.374 e. The molecule has 1 aliphatic carbocycles. The Balaban J connectivity index is 1.42. The Hall–Kier alpha value is -1.69. The molecule has 1 fully saturated rings. The summed E-state index contributed by atoms with van der Waals surface area (Å²) in [6, 6.07) is 16.9. The summed E-state index contributed by atoms with van der Waals surface area (Å²) in [5.74, 6) is 0.270. The van der Waals surface area contributed by atoms with Gasteiger partial charge in [0.25, 0.3) is 10.1 Å². The molecule has 1 saturated carbocycles. The minimum atomic E-state index is -3.67. The molecular formula is C21H26O4S. The van der Waals surface area contributed by atoms with E-state index in [0.29, 0.717) is 6.61 Å². The van der Waals surface area contributed by atoms with Gasteiger partial charge < -0.3 is 4.74 Å². The van der Waals surface area contributed by atoms with Crippen LogP contribution in [-0.4, -0.2) is 21.1 Å². The zero-order valence-corrected chi connectivity index (χ0v) is 16.0. The summed E-state index contributed by atoms with van der Waals surface area (Å²) in [6.07, 6.45) is 4.02. The topological polar surface area (TPSA) is 52.6 Å². The zero-order chi connectivity index (χ0) is 18.4. The van der Waals surface area contributed by atoms with Crippen molar-refractivity contribution < 1.29 is 17.3 Å². The van der Waals surface area contributed by atoms with E-state index in [1.54, 1.807) is 24.3 Å². The molecule has 26 heavy (non-hydrogen) atoms. The number of ether oxygens (including phenoxy) is 1. The van der Waals surface area contributed by atoms with Crippen molar-refractivity contribution in [2.45, 2.75) is 50.2 Å². The van der Waals surface area contributed by atoms with E-state index in [2.05, 4.69) is 12.1 Å². The standard InChI is InChI=1S/C21H26O4S/c1-17-7-13-21(14-8-17)26(22,23)25-16-19-9-11-20(12-10-19)24-15-18-5-3-2-4-6-18/h2-8,13-14,19-20H,9-12,15-16H2,1H3/t19-,20+.